The average molecular weight is 513 g/mol. The molecule has 7 heteroatoms. The number of nitrogens with one attached hydrogen (secondary N) is 1. The van der Waals surface area contributed by atoms with Crippen LogP contribution in [-0.2, 0) is 17.8 Å². The first-order valence-electron chi connectivity index (χ1n) is 12.7. The number of halogens is 1. The van der Waals surface area contributed by atoms with Crippen molar-refractivity contribution in [2.75, 3.05) is 6.54 Å². The fourth-order valence-electron chi connectivity index (χ4n) is 4.82. The fourth-order valence-corrected chi connectivity index (χ4v) is 4.82. The molecule has 2 atom stereocenters. The number of fused-ring (bicyclic) bond motifs is 1. The molecule has 0 bridgehead atoms. The van der Waals surface area contributed by atoms with Crippen LogP contribution in [0.2, 0.25) is 0 Å². The van der Waals surface area contributed by atoms with E-state index in [-0.39, 0.29) is 23.4 Å². The lowest BCUT2D eigenvalue weighted by Crippen LogP contribution is -2.40. The highest BCUT2D eigenvalue weighted by molar-refractivity contribution is 5.92. The van der Waals surface area contributed by atoms with Crippen LogP contribution in [0.3, 0.4) is 0 Å². The molecule has 0 fully saturated rings. The molecular formula is C31H29FN2O4. The van der Waals surface area contributed by atoms with Crippen molar-refractivity contribution in [3.63, 3.8) is 0 Å². The summed E-state index contributed by atoms with van der Waals surface area (Å²) in [6.07, 6.45) is 1.93. The van der Waals surface area contributed by atoms with Gasteiger partial charge in [-0.25, -0.2) is 4.39 Å². The Morgan fingerprint density at radius 1 is 1.05 bits per heavy atom. The Morgan fingerprint density at radius 3 is 2.55 bits per heavy atom. The SMILES string of the molecule is CCC(Oc1ccc2c(c1)C(c1ccc(F)cc1)N(C(=O)c1ccco1)CC2)C(=O)NCc1ccccc1. The largest absolute Gasteiger partial charge is 0.481 e. The smallest absolute Gasteiger partial charge is 0.290 e. The van der Waals surface area contributed by atoms with Gasteiger partial charge in [-0.15, -0.1) is 0 Å². The summed E-state index contributed by atoms with van der Waals surface area (Å²) < 4.78 is 25.3. The molecule has 0 saturated heterocycles. The topological polar surface area (TPSA) is 71.8 Å². The van der Waals surface area contributed by atoms with Gasteiger partial charge in [-0.3, -0.25) is 9.59 Å². The predicted molar refractivity (Wildman–Crippen MR) is 141 cm³/mol. The van der Waals surface area contributed by atoms with Crippen molar-refractivity contribution in [3.05, 3.63) is 125 Å². The number of benzene rings is 3. The highest BCUT2D eigenvalue weighted by atomic mass is 19.1. The van der Waals surface area contributed by atoms with E-state index in [9.17, 15) is 14.0 Å². The van der Waals surface area contributed by atoms with Crippen LogP contribution in [0.1, 0.15) is 52.2 Å². The zero-order valence-electron chi connectivity index (χ0n) is 21.1. The van der Waals surface area contributed by atoms with Crippen molar-refractivity contribution in [2.45, 2.75) is 38.5 Å². The first-order chi connectivity index (χ1) is 18.5. The molecule has 0 aliphatic carbocycles. The van der Waals surface area contributed by atoms with E-state index in [0.29, 0.717) is 31.7 Å². The average Bonchev–Trinajstić information content (AvgIpc) is 3.50. The van der Waals surface area contributed by atoms with Gasteiger partial charge in [-0.1, -0.05) is 55.5 Å². The normalized spacial score (nSPS) is 15.4. The molecule has 1 aliphatic heterocycles. The minimum atomic E-state index is -0.675. The number of nitrogens with zero attached hydrogens (tertiary/aromatic N) is 1. The monoisotopic (exact) mass is 512 g/mol. The summed E-state index contributed by atoms with van der Waals surface area (Å²) in [5.74, 6) is -0.0103. The summed E-state index contributed by atoms with van der Waals surface area (Å²) in [5.41, 5.74) is 3.72. The molecule has 5 rings (SSSR count). The highest BCUT2D eigenvalue weighted by Crippen LogP contribution is 2.38. The number of amides is 2. The molecular weight excluding hydrogens is 483 g/mol. The van der Waals surface area contributed by atoms with Gasteiger partial charge in [0.2, 0.25) is 0 Å². The molecule has 6 nitrogen and oxygen atoms in total. The van der Waals surface area contributed by atoms with Gasteiger partial charge in [0, 0.05) is 13.1 Å². The lowest BCUT2D eigenvalue weighted by molar-refractivity contribution is -0.128. The Bertz CT molecular complexity index is 1390. The van der Waals surface area contributed by atoms with E-state index in [0.717, 1.165) is 22.3 Å². The number of furan rings is 1. The maximum atomic E-state index is 13.8. The molecule has 38 heavy (non-hydrogen) atoms. The van der Waals surface area contributed by atoms with Crippen molar-refractivity contribution < 1.29 is 23.1 Å². The lowest BCUT2D eigenvalue weighted by Gasteiger charge is -2.37. The van der Waals surface area contributed by atoms with Crippen LogP contribution in [-0.4, -0.2) is 29.4 Å². The van der Waals surface area contributed by atoms with Crippen LogP contribution >= 0.6 is 0 Å². The zero-order valence-corrected chi connectivity index (χ0v) is 21.1. The second-order valence-electron chi connectivity index (χ2n) is 9.26. The predicted octanol–water partition coefficient (Wildman–Crippen LogP) is 5.68. The minimum absolute atomic E-state index is 0.196. The van der Waals surface area contributed by atoms with Gasteiger partial charge >= 0.3 is 0 Å². The van der Waals surface area contributed by atoms with E-state index in [1.165, 1.54) is 18.4 Å². The van der Waals surface area contributed by atoms with Crippen LogP contribution in [0.15, 0.2) is 95.6 Å². The van der Waals surface area contributed by atoms with E-state index in [2.05, 4.69) is 5.32 Å². The summed E-state index contributed by atoms with van der Waals surface area (Å²) >= 11 is 0. The molecule has 194 valence electrons. The zero-order chi connectivity index (χ0) is 26.5. The third-order valence-corrected chi connectivity index (χ3v) is 6.78. The maximum absolute atomic E-state index is 13.8. The number of hydrogen-bond donors (Lipinski definition) is 1. The second-order valence-corrected chi connectivity index (χ2v) is 9.26. The van der Waals surface area contributed by atoms with E-state index >= 15 is 0 Å². The Labute approximate surface area is 221 Å². The van der Waals surface area contributed by atoms with Gasteiger partial charge in [0.05, 0.1) is 12.3 Å². The third-order valence-electron chi connectivity index (χ3n) is 6.78. The van der Waals surface area contributed by atoms with Gasteiger partial charge in [-0.05, 0) is 71.5 Å². The molecule has 4 aromatic rings. The molecule has 0 radical (unpaired) electrons. The fraction of sp³-hybridized carbons (Fsp3) is 0.226. The van der Waals surface area contributed by atoms with Gasteiger partial charge in [0.1, 0.15) is 11.6 Å². The molecule has 0 saturated carbocycles. The molecule has 0 spiro atoms. The van der Waals surface area contributed by atoms with Crippen molar-refractivity contribution in [2.24, 2.45) is 0 Å². The van der Waals surface area contributed by atoms with Gasteiger partial charge in [-0.2, -0.15) is 0 Å². The van der Waals surface area contributed by atoms with Crippen LogP contribution in [0.4, 0.5) is 4.39 Å². The maximum Gasteiger partial charge on any atom is 0.290 e. The molecule has 1 aliphatic rings. The van der Waals surface area contributed by atoms with Gasteiger partial charge < -0.3 is 19.4 Å². The highest BCUT2D eigenvalue weighted by Gasteiger charge is 2.34. The van der Waals surface area contributed by atoms with E-state index in [1.54, 1.807) is 29.2 Å². The van der Waals surface area contributed by atoms with Crippen LogP contribution < -0.4 is 10.1 Å². The Hall–Kier alpha value is -4.39. The molecule has 3 aromatic carbocycles. The first-order valence-corrected chi connectivity index (χ1v) is 12.7. The standard InChI is InChI=1S/C31H29FN2O4/c1-2-27(30(35)33-20-21-7-4-3-5-8-21)38-25-15-12-22-16-17-34(31(36)28-9-6-18-37-28)29(26(22)19-25)23-10-13-24(32)14-11-23/h3-15,18-19,27,29H,2,16-17,20H2,1H3,(H,33,35). The summed E-state index contributed by atoms with van der Waals surface area (Å²) in [6.45, 7) is 2.80. The number of rotatable bonds is 8. The lowest BCUT2D eigenvalue weighted by atomic mass is 9.87. The summed E-state index contributed by atoms with van der Waals surface area (Å²) in [6, 6.07) is 24.4. The minimum Gasteiger partial charge on any atom is -0.481 e. The van der Waals surface area contributed by atoms with Gasteiger partial charge in [0.25, 0.3) is 11.8 Å². The Kier molecular flexibility index (Phi) is 7.54. The van der Waals surface area contributed by atoms with E-state index in [4.69, 9.17) is 9.15 Å². The van der Waals surface area contributed by atoms with Crippen molar-refractivity contribution in [1.29, 1.82) is 0 Å². The first kappa shape index (κ1) is 25.3. The van der Waals surface area contributed by atoms with E-state index < -0.39 is 12.1 Å². The van der Waals surface area contributed by atoms with Crippen LogP contribution in [0.5, 0.6) is 5.75 Å². The Balaban J connectivity index is 1.41. The molecule has 1 aromatic heterocycles. The summed E-state index contributed by atoms with van der Waals surface area (Å²) in [4.78, 5) is 28.0. The second kappa shape index (κ2) is 11.3. The van der Waals surface area contributed by atoms with Crippen LogP contribution in [0, 0.1) is 5.82 Å². The number of carbonyl (C=O) groups is 2. The molecule has 2 unspecified atom stereocenters. The summed E-state index contributed by atoms with van der Waals surface area (Å²) in [7, 11) is 0. The van der Waals surface area contributed by atoms with Crippen molar-refractivity contribution in [1.82, 2.24) is 10.2 Å². The number of carbonyl (C=O) groups excluding carboxylic acids is 2. The number of ether oxygens (including phenoxy) is 1. The van der Waals surface area contributed by atoms with E-state index in [1.807, 2.05) is 55.5 Å². The quantitative estimate of drug-likeness (QED) is 0.330. The Morgan fingerprint density at radius 2 is 1.84 bits per heavy atom. The molecule has 2 amide bonds. The van der Waals surface area contributed by atoms with Gasteiger partial charge in [0.15, 0.2) is 11.9 Å². The van der Waals surface area contributed by atoms with Crippen molar-refractivity contribution >= 4 is 11.8 Å². The number of hydrogen-bond acceptors (Lipinski definition) is 4. The molecule has 2 heterocycles. The third kappa shape index (κ3) is 5.47. The van der Waals surface area contributed by atoms with Crippen LogP contribution in [0.25, 0.3) is 0 Å². The summed E-state index contributed by atoms with van der Waals surface area (Å²) in [5, 5.41) is 2.95. The van der Waals surface area contributed by atoms with Crippen molar-refractivity contribution in [3.8, 4) is 5.75 Å². The molecule has 1 N–H and O–H groups in total.